The highest BCUT2D eigenvalue weighted by atomic mass is 16.5. The Hall–Kier alpha value is -3.36. The molecule has 2 unspecified atom stereocenters. The van der Waals surface area contributed by atoms with Crippen molar-refractivity contribution in [1.29, 1.82) is 0 Å². The lowest BCUT2D eigenvalue weighted by molar-refractivity contribution is -0.131. The topological polar surface area (TPSA) is 89.7 Å². The Morgan fingerprint density at radius 2 is 1.85 bits per heavy atom. The lowest BCUT2D eigenvalue weighted by Gasteiger charge is -2.42. The first kappa shape index (κ1) is 29.1. The van der Waals surface area contributed by atoms with E-state index in [4.69, 9.17) is 4.74 Å². The number of hydrogen-bond donors (Lipinski definition) is 3. The molecule has 5 rings (SSSR count). The zero-order valence-corrected chi connectivity index (χ0v) is 24.5. The quantitative estimate of drug-likeness (QED) is 0.329. The summed E-state index contributed by atoms with van der Waals surface area (Å²) in [6.45, 7) is 5.55. The predicted octanol–water partition coefficient (Wildman–Crippen LogP) is 4.11. The Morgan fingerprint density at radius 3 is 2.66 bits per heavy atom. The summed E-state index contributed by atoms with van der Waals surface area (Å²) in [5, 5.41) is 8.06. The molecule has 41 heavy (non-hydrogen) atoms. The number of para-hydroxylation sites is 2. The molecular formula is C33H45N5O3. The van der Waals surface area contributed by atoms with E-state index >= 15 is 0 Å². The van der Waals surface area contributed by atoms with Gasteiger partial charge in [0.2, 0.25) is 11.8 Å². The van der Waals surface area contributed by atoms with Crippen molar-refractivity contribution in [2.75, 3.05) is 39.8 Å². The zero-order valence-electron chi connectivity index (χ0n) is 24.5. The summed E-state index contributed by atoms with van der Waals surface area (Å²) in [4.78, 5) is 34.1. The van der Waals surface area contributed by atoms with Crippen LogP contribution in [0.4, 0.5) is 0 Å². The maximum atomic E-state index is 13.6. The maximum Gasteiger partial charge on any atom is 0.234 e. The number of nitrogens with zero attached hydrogens (tertiary/aromatic N) is 2. The monoisotopic (exact) mass is 559 g/mol. The Kier molecular flexibility index (Phi) is 9.96. The third kappa shape index (κ3) is 7.49. The van der Waals surface area contributed by atoms with Crippen LogP contribution in [0.3, 0.4) is 0 Å². The molecule has 1 aliphatic heterocycles. The van der Waals surface area contributed by atoms with Gasteiger partial charge in [-0.3, -0.25) is 14.5 Å². The van der Waals surface area contributed by atoms with E-state index in [0.29, 0.717) is 38.0 Å². The number of carbonyl (C=O) groups is 2. The number of amides is 2. The fourth-order valence-corrected chi connectivity index (χ4v) is 6.74. The summed E-state index contributed by atoms with van der Waals surface area (Å²) in [5.41, 5.74) is 3.15. The smallest absolute Gasteiger partial charge is 0.234 e. The minimum atomic E-state index is -0.239. The van der Waals surface area contributed by atoms with Crippen molar-refractivity contribution in [2.24, 2.45) is 5.92 Å². The molecule has 2 aliphatic rings. The molecule has 1 saturated heterocycles. The largest absolute Gasteiger partial charge is 0.496 e. The maximum absolute atomic E-state index is 13.6. The number of benzene rings is 2. The van der Waals surface area contributed by atoms with Gasteiger partial charge in [0, 0.05) is 68.4 Å². The Labute approximate surface area is 243 Å². The third-order valence-electron chi connectivity index (χ3n) is 8.89. The molecule has 2 atom stereocenters. The van der Waals surface area contributed by atoms with Crippen molar-refractivity contribution in [3.05, 3.63) is 65.9 Å². The fourth-order valence-electron chi connectivity index (χ4n) is 6.74. The molecule has 8 heteroatoms. The van der Waals surface area contributed by atoms with E-state index in [1.54, 1.807) is 14.0 Å². The molecule has 0 bridgehead atoms. The van der Waals surface area contributed by atoms with Gasteiger partial charge in [-0.2, -0.15) is 0 Å². The molecule has 1 aromatic heterocycles. The average Bonchev–Trinajstić information content (AvgIpc) is 3.40. The number of hydrogen-bond acceptors (Lipinski definition) is 5. The van der Waals surface area contributed by atoms with Gasteiger partial charge in [0.25, 0.3) is 0 Å². The number of carbonyl (C=O) groups excluding carboxylic acids is 2. The van der Waals surface area contributed by atoms with Gasteiger partial charge in [-0.1, -0.05) is 55.7 Å². The lowest BCUT2D eigenvalue weighted by atomic mass is 9.82. The van der Waals surface area contributed by atoms with Crippen molar-refractivity contribution in [2.45, 2.75) is 64.1 Å². The lowest BCUT2D eigenvalue weighted by Crippen LogP contribution is -2.58. The van der Waals surface area contributed by atoms with E-state index in [1.807, 2.05) is 47.5 Å². The molecule has 0 radical (unpaired) electrons. The summed E-state index contributed by atoms with van der Waals surface area (Å²) in [5.74, 6) is 1.40. The van der Waals surface area contributed by atoms with Crippen LogP contribution >= 0.6 is 0 Å². The molecule has 3 aromatic rings. The molecule has 0 spiro atoms. The molecule has 3 N–H and O–H groups in total. The van der Waals surface area contributed by atoms with Gasteiger partial charge in [-0.05, 0) is 42.9 Å². The normalized spacial score (nSPS) is 19.1. The van der Waals surface area contributed by atoms with Crippen LogP contribution in [0.5, 0.6) is 5.75 Å². The minimum absolute atomic E-state index is 0.0262. The first-order chi connectivity index (χ1) is 20.0. The Bertz CT molecular complexity index is 1300. The molecule has 2 aromatic carbocycles. The van der Waals surface area contributed by atoms with E-state index in [2.05, 4.69) is 32.7 Å². The second-order valence-electron chi connectivity index (χ2n) is 11.7. The average molecular weight is 560 g/mol. The second kappa shape index (κ2) is 14.0. The van der Waals surface area contributed by atoms with E-state index in [1.165, 1.54) is 32.1 Å². The number of piperazine rings is 1. The minimum Gasteiger partial charge on any atom is -0.496 e. The summed E-state index contributed by atoms with van der Waals surface area (Å²) in [7, 11) is 1.65. The van der Waals surface area contributed by atoms with Crippen LogP contribution in [-0.4, -0.2) is 78.5 Å². The number of nitrogens with one attached hydrogen (secondary N) is 3. The number of aromatic nitrogens is 1. The molecule has 1 saturated carbocycles. The highest BCUT2D eigenvalue weighted by molar-refractivity contribution is 5.83. The highest BCUT2D eigenvalue weighted by Gasteiger charge is 2.32. The summed E-state index contributed by atoms with van der Waals surface area (Å²) >= 11 is 0. The molecule has 8 nitrogen and oxygen atoms in total. The number of H-pyrrole nitrogens is 1. The van der Waals surface area contributed by atoms with Crippen LogP contribution in [0.2, 0.25) is 0 Å². The number of rotatable bonds is 11. The predicted molar refractivity (Wildman–Crippen MR) is 163 cm³/mol. The number of aromatic amines is 1. The van der Waals surface area contributed by atoms with Gasteiger partial charge in [0.05, 0.1) is 19.7 Å². The first-order valence-corrected chi connectivity index (χ1v) is 15.2. The van der Waals surface area contributed by atoms with Gasteiger partial charge in [0.15, 0.2) is 0 Å². The molecule has 1 aliphatic carbocycles. The molecule has 2 amide bonds. The molecule has 2 heterocycles. The Balaban J connectivity index is 1.33. The first-order valence-electron chi connectivity index (χ1n) is 15.2. The van der Waals surface area contributed by atoms with Crippen molar-refractivity contribution in [3.8, 4) is 5.75 Å². The van der Waals surface area contributed by atoms with Crippen LogP contribution in [0, 0.1) is 5.92 Å². The zero-order chi connectivity index (χ0) is 28.6. The van der Waals surface area contributed by atoms with E-state index in [9.17, 15) is 9.59 Å². The third-order valence-corrected chi connectivity index (χ3v) is 8.89. The summed E-state index contributed by atoms with van der Waals surface area (Å²) < 4.78 is 5.55. The summed E-state index contributed by atoms with van der Waals surface area (Å²) in [6, 6.07) is 16.2. The second-order valence-corrected chi connectivity index (χ2v) is 11.7. The van der Waals surface area contributed by atoms with Crippen LogP contribution in [0.1, 0.15) is 50.2 Å². The number of fused-ring (bicyclic) bond motifs is 1. The van der Waals surface area contributed by atoms with Gasteiger partial charge in [-0.25, -0.2) is 0 Å². The van der Waals surface area contributed by atoms with Crippen molar-refractivity contribution in [1.82, 2.24) is 25.4 Å². The Morgan fingerprint density at radius 1 is 1.07 bits per heavy atom. The van der Waals surface area contributed by atoms with E-state index < -0.39 is 0 Å². The standard InChI is InChI=1S/C33H45N5O3/c1-24(39)38(21-26-12-6-9-15-32(26)41-2)22-28(18-27-19-35-30-14-8-7-13-29(27)30)36-33(40)23-37-17-16-34-20-31(37)25-10-4-3-5-11-25/h6-9,12-15,19,25,28,31,34-35H,3-5,10-11,16-18,20-23H2,1-2H3,(H,36,40). The SMILES string of the molecule is COc1ccccc1CN(CC(Cc1c[nH]c2ccccc12)NC(=O)CN1CCNCC1C1CCCCC1)C(C)=O. The van der Waals surface area contributed by atoms with Gasteiger partial charge in [0.1, 0.15) is 5.75 Å². The van der Waals surface area contributed by atoms with Crippen LogP contribution in [0.15, 0.2) is 54.7 Å². The van der Waals surface area contributed by atoms with E-state index in [-0.39, 0.29) is 17.9 Å². The number of ether oxygens (including phenoxy) is 1. The van der Waals surface area contributed by atoms with Gasteiger partial charge < -0.3 is 25.3 Å². The molecule has 220 valence electrons. The van der Waals surface area contributed by atoms with Gasteiger partial charge >= 0.3 is 0 Å². The molecular weight excluding hydrogens is 514 g/mol. The van der Waals surface area contributed by atoms with Crippen molar-refractivity contribution >= 4 is 22.7 Å². The van der Waals surface area contributed by atoms with Crippen LogP contribution < -0.4 is 15.4 Å². The fraction of sp³-hybridized carbons (Fsp3) is 0.515. The van der Waals surface area contributed by atoms with Crippen LogP contribution in [0.25, 0.3) is 10.9 Å². The summed E-state index contributed by atoms with van der Waals surface area (Å²) in [6.07, 6.45) is 9.07. The highest BCUT2D eigenvalue weighted by Crippen LogP contribution is 2.29. The van der Waals surface area contributed by atoms with Crippen molar-refractivity contribution < 1.29 is 14.3 Å². The van der Waals surface area contributed by atoms with E-state index in [0.717, 1.165) is 47.4 Å². The van der Waals surface area contributed by atoms with Crippen molar-refractivity contribution in [3.63, 3.8) is 0 Å². The number of methoxy groups -OCH3 is 1. The van der Waals surface area contributed by atoms with Gasteiger partial charge in [-0.15, -0.1) is 0 Å². The van der Waals surface area contributed by atoms with Crippen LogP contribution in [-0.2, 0) is 22.6 Å². The molecule has 2 fully saturated rings.